The van der Waals surface area contributed by atoms with Crippen LogP contribution in [0.4, 0.5) is 0 Å². The van der Waals surface area contributed by atoms with E-state index in [2.05, 4.69) is 0 Å². The largest absolute Gasteiger partial charge is 0.488 e. The van der Waals surface area contributed by atoms with Crippen LogP contribution in [0.25, 0.3) is 0 Å². The van der Waals surface area contributed by atoms with Crippen LogP contribution in [0, 0.1) is 0 Å². The van der Waals surface area contributed by atoms with Gasteiger partial charge in [-0.2, -0.15) is 0 Å². The van der Waals surface area contributed by atoms with E-state index in [0.29, 0.717) is 5.75 Å². The number of hydrogen-bond acceptors (Lipinski definition) is 5. The van der Waals surface area contributed by atoms with Crippen LogP contribution in [0.15, 0.2) is 24.3 Å². The second kappa shape index (κ2) is 7.73. The Balaban J connectivity index is 2.49. The van der Waals surface area contributed by atoms with Crippen LogP contribution in [0.5, 0.6) is 5.75 Å². The summed E-state index contributed by atoms with van der Waals surface area (Å²) in [5, 5.41) is 8.72. The molecular formula is C13H19NO5. The van der Waals surface area contributed by atoms with E-state index in [1.54, 1.807) is 24.3 Å². The molecule has 1 aromatic rings. The molecule has 0 saturated carbocycles. The SMILES string of the molecule is COC(COc1ccc(CC(N)C(=O)O)cc1)OC. The van der Waals surface area contributed by atoms with Crippen molar-refractivity contribution in [3.05, 3.63) is 29.8 Å². The second-order valence-corrected chi connectivity index (χ2v) is 4.00. The number of benzene rings is 1. The summed E-state index contributed by atoms with van der Waals surface area (Å²) in [6.45, 7) is 0.279. The first-order chi connectivity index (χ1) is 9.06. The first kappa shape index (κ1) is 15.4. The van der Waals surface area contributed by atoms with Gasteiger partial charge in [0.25, 0.3) is 0 Å². The van der Waals surface area contributed by atoms with Crippen molar-refractivity contribution >= 4 is 5.97 Å². The molecule has 0 fully saturated rings. The highest BCUT2D eigenvalue weighted by molar-refractivity contribution is 5.73. The number of carbonyl (C=O) groups is 1. The van der Waals surface area contributed by atoms with Crippen molar-refractivity contribution in [1.29, 1.82) is 0 Å². The van der Waals surface area contributed by atoms with E-state index < -0.39 is 18.3 Å². The van der Waals surface area contributed by atoms with Gasteiger partial charge in [-0.3, -0.25) is 4.79 Å². The van der Waals surface area contributed by atoms with Crippen molar-refractivity contribution in [2.45, 2.75) is 18.8 Å². The van der Waals surface area contributed by atoms with E-state index in [9.17, 15) is 4.79 Å². The van der Waals surface area contributed by atoms with Crippen molar-refractivity contribution in [1.82, 2.24) is 0 Å². The molecule has 0 bridgehead atoms. The van der Waals surface area contributed by atoms with E-state index in [1.807, 2.05) is 0 Å². The fraction of sp³-hybridized carbons (Fsp3) is 0.462. The third-order valence-corrected chi connectivity index (χ3v) is 2.61. The topological polar surface area (TPSA) is 91.0 Å². The van der Waals surface area contributed by atoms with E-state index in [4.69, 9.17) is 25.1 Å². The van der Waals surface area contributed by atoms with Gasteiger partial charge >= 0.3 is 5.97 Å². The lowest BCUT2D eigenvalue weighted by Crippen LogP contribution is -2.32. The zero-order valence-corrected chi connectivity index (χ0v) is 11.0. The molecule has 0 amide bonds. The maximum Gasteiger partial charge on any atom is 0.320 e. The van der Waals surface area contributed by atoms with Crippen LogP contribution in [0.3, 0.4) is 0 Å². The van der Waals surface area contributed by atoms with Crippen LogP contribution in [-0.2, 0) is 20.7 Å². The molecule has 1 rings (SSSR count). The van der Waals surface area contributed by atoms with Gasteiger partial charge in [0.1, 0.15) is 18.4 Å². The fourth-order valence-electron chi connectivity index (χ4n) is 1.46. The number of carboxylic acid groups (broad SMARTS) is 1. The first-order valence-corrected chi connectivity index (χ1v) is 5.82. The third kappa shape index (κ3) is 5.25. The number of methoxy groups -OCH3 is 2. The Bertz CT molecular complexity index is 389. The van der Waals surface area contributed by atoms with Gasteiger partial charge in [0.15, 0.2) is 6.29 Å². The minimum absolute atomic E-state index is 0.279. The molecule has 3 N–H and O–H groups in total. The molecule has 19 heavy (non-hydrogen) atoms. The highest BCUT2D eigenvalue weighted by atomic mass is 16.7. The molecule has 0 aliphatic rings. The van der Waals surface area contributed by atoms with Crippen molar-refractivity contribution in [3.8, 4) is 5.75 Å². The predicted molar refractivity (Wildman–Crippen MR) is 69.1 cm³/mol. The van der Waals surface area contributed by atoms with Crippen LogP contribution in [0.1, 0.15) is 5.56 Å². The third-order valence-electron chi connectivity index (χ3n) is 2.61. The van der Waals surface area contributed by atoms with Gasteiger partial charge in [0.2, 0.25) is 0 Å². The molecule has 0 radical (unpaired) electrons. The van der Waals surface area contributed by atoms with Gasteiger partial charge in [-0.05, 0) is 24.1 Å². The molecule has 0 heterocycles. The Kier molecular flexibility index (Phi) is 6.27. The van der Waals surface area contributed by atoms with Crippen molar-refractivity contribution < 1.29 is 24.1 Å². The lowest BCUT2D eigenvalue weighted by molar-refractivity contribution is -0.138. The molecular weight excluding hydrogens is 250 g/mol. The minimum atomic E-state index is -1.01. The number of nitrogens with two attached hydrogens (primary N) is 1. The standard InChI is InChI=1S/C13H19NO5/c1-17-12(18-2)8-19-10-5-3-9(4-6-10)7-11(14)13(15)16/h3-6,11-12H,7-8,14H2,1-2H3,(H,15,16). The van der Waals surface area contributed by atoms with Crippen LogP contribution >= 0.6 is 0 Å². The molecule has 0 aromatic heterocycles. The fourth-order valence-corrected chi connectivity index (χ4v) is 1.46. The number of ether oxygens (including phenoxy) is 3. The van der Waals surface area contributed by atoms with E-state index >= 15 is 0 Å². The Hall–Kier alpha value is -1.63. The Morgan fingerprint density at radius 2 is 1.84 bits per heavy atom. The molecule has 6 heteroatoms. The summed E-state index contributed by atoms with van der Waals surface area (Å²) in [6, 6.07) is 6.19. The maximum atomic E-state index is 10.6. The lowest BCUT2D eigenvalue weighted by atomic mass is 10.1. The summed E-state index contributed by atoms with van der Waals surface area (Å²) in [7, 11) is 3.07. The highest BCUT2D eigenvalue weighted by Crippen LogP contribution is 2.14. The Morgan fingerprint density at radius 3 is 2.32 bits per heavy atom. The summed E-state index contributed by atoms with van der Waals surface area (Å²) in [4.78, 5) is 10.6. The summed E-state index contributed by atoms with van der Waals surface area (Å²) in [5.41, 5.74) is 6.30. The van der Waals surface area contributed by atoms with Crippen LogP contribution < -0.4 is 10.5 Å². The summed E-state index contributed by atoms with van der Waals surface area (Å²) in [6.07, 6.45) is -0.130. The van der Waals surface area contributed by atoms with Crippen molar-refractivity contribution in [2.24, 2.45) is 5.73 Å². The molecule has 1 aromatic carbocycles. The molecule has 1 unspecified atom stereocenters. The molecule has 0 aliphatic heterocycles. The van der Waals surface area contributed by atoms with E-state index in [1.165, 1.54) is 14.2 Å². The number of aliphatic carboxylic acids is 1. The smallest absolute Gasteiger partial charge is 0.320 e. The van der Waals surface area contributed by atoms with Crippen LogP contribution in [0.2, 0.25) is 0 Å². The number of hydrogen-bond donors (Lipinski definition) is 2. The maximum absolute atomic E-state index is 10.6. The molecule has 6 nitrogen and oxygen atoms in total. The average Bonchev–Trinajstić information content (AvgIpc) is 2.41. The van der Waals surface area contributed by atoms with Crippen molar-refractivity contribution in [3.63, 3.8) is 0 Å². The first-order valence-electron chi connectivity index (χ1n) is 5.82. The molecule has 0 saturated heterocycles. The van der Waals surface area contributed by atoms with E-state index in [0.717, 1.165) is 5.56 Å². The monoisotopic (exact) mass is 269 g/mol. The normalized spacial score (nSPS) is 12.4. The zero-order valence-electron chi connectivity index (χ0n) is 11.0. The number of rotatable bonds is 8. The van der Waals surface area contributed by atoms with Gasteiger partial charge < -0.3 is 25.1 Å². The summed E-state index contributed by atoms with van der Waals surface area (Å²) >= 11 is 0. The zero-order chi connectivity index (χ0) is 14.3. The molecule has 1 atom stereocenters. The Labute approximate surface area is 112 Å². The summed E-state index contributed by atoms with van der Waals surface area (Å²) in [5.74, 6) is -0.352. The number of carboxylic acids is 1. The van der Waals surface area contributed by atoms with Gasteiger partial charge in [-0.1, -0.05) is 12.1 Å². The minimum Gasteiger partial charge on any atom is -0.488 e. The van der Waals surface area contributed by atoms with Gasteiger partial charge in [0.05, 0.1) is 0 Å². The predicted octanol–water partition coefficient (Wildman–Crippen LogP) is 0.639. The second-order valence-electron chi connectivity index (χ2n) is 4.00. The molecule has 0 aliphatic carbocycles. The lowest BCUT2D eigenvalue weighted by Gasteiger charge is -2.14. The molecule has 106 valence electrons. The van der Waals surface area contributed by atoms with Crippen LogP contribution in [-0.4, -0.2) is 44.2 Å². The van der Waals surface area contributed by atoms with Gasteiger partial charge in [0, 0.05) is 14.2 Å². The van der Waals surface area contributed by atoms with Gasteiger partial charge in [-0.25, -0.2) is 0 Å². The van der Waals surface area contributed by atoms with E-state index in [-0.39, 0.29) is 13.0 Å². The molecule has 0 spiro atoms. The average molecular weight is 269 g/mol. The quantitative estimate of drug-likeness (QED) is 0.673. The summed E-state index contributed by atoms with van der Waals surface area (Å²) < 4.78 is 15.4. The van der Waals surface area contributed by atoms with Gasteiger partial charge in [-0.15, -0.1) is 0 Å². The Morgan fingerprint density at radius 1 is 1.26 bits per heavy atom. The van der Waals surface area contributed by atoms with Crippen molar-refractivity contribution in [2.75, 3.05) is 20.8 Å². The highest BCUT2D eigenvalue weighted by Gasteiger charge is 2.12.